The molecule has 6 atom stereocenters. The Morgan fingerprint density at radius 3 is 2.34 bits per heavy atom. The highest BCUT2D eigenvalue weighted by atomic mass is 16.2. The summed E-state index contributed by atoms with van der Waals surface area (Å²) in [5, 5.41) is 8.38. The average molecular weight is 489 g/mol. The van der Waals surface area contributed by atoms with Gasteiger partial charge in [-0.1, -0.05) is 48.0 Å². The predicted molar refractivity (Wildman–Crippen MR) is 129 cm³/mol. The molecule has 0 radical (unpaired) electrons. The number of carbonyl (C=O) groups excluding carboxylic acids is 5. The Bertz CT molecular complexity index is 937. The minimum Gasteiger partial charge on any atom is -0.347 e. The Morgan fingerprint density at radius 2 is 1.80 bits per heavy atom. The van der Waals surface area contributed by atoms with Crippen LogP contribution >= 0.6 is 0 Å². The van der Waals surface area contributed by atoms with Crippen LogP contribution in [-0.2, 0) is 24.0 Å². The van der Waals surface area contributed by atoms with Crippen LogP contribution in [0.3, 0.4) is 0 Å². The zero-order valence-corrected chi connectivity index (χ0v) is 21.8. The highest BCUT2D eigenvalue weighted by Crippen LogP contribution is 2.65. The number of piperidine rings is 1. The van der Waals surface area contributed by atoms with Crippen molar-refractivity contribution in [3.05, 3.63) is 0 Å². The number of rotatable bonds is 10. The van der Waals surface area contributed by atoms with Crippen molar-refractivity contribution in [1.82, 2.24) is 20.9 Å². The van der Waals surface area contributed by atoms with Gasteiger partial charge in [-0.2, -0.15) is 0 Å². The van der Waals surface area contributed by atoms with E-state index in [1.807, 2.05) is 27.7 Å². The number of likely N-dealkylation sites (tertiary alicyclic amines) is 1. The summed E-state index contributed by atoms with van der Waals surface area (Å²) in [6, 6.07) is -1.46. The number of nitrogens with zero attached hydrogens (tertiary/aromatic N) is 1. The number of hydrogen-bond donors (Lipinski definition) is 3. The second-order valence-corrected chi connectivity index (χ2v) is 12.7. The fraction of sp³-hybridized carbons (Fsp3) is 0.808. The summed E-state index contributed by atoms with van der Waals surface area (Å²) < 4.78 is 0. The van der Waals surface area contributed by atoms with Gasteiger partial charge in [0.2, 0.25) is 24.0 Å². The smallest absolute Gasteiger partial charge is 0.290 e. The summed E-state index contributed by atoms with van der Waals surface area (Å²) in [5.74, 6) is -1.80. The van der Waals surface area contributed by atoms with Crippen LogP contribution in [-0.4, -0.2) is 65.0 Å². The summed E-state index contributed by atoms with van der Waals surface area (Å²) >= 11 is 0. The molecule has 3 aliphatic carbocycles. The Balaban J connectivity index is 1.57. The van der Waals surface area contributed by atoms with Crippen LogP contribution in [0.25, 0.3) is 0 Å². The molecule has 4 amide bonds. The van der Waals surface area contributed by atoms with E-state index in [-0.39, 0.29) is 41.0 Å². The van der Waals surface area contributed by atoms with Crippen LogP contribution in [0.5, 0.6) is 0 Å². The van der Waals surface area contributed by atoms with Gasteiger partial charge in [0.05, 0.1) is 0 Å². The molecule has 35 heavy (non-hydrogen) atoms. The van der Waals surface area contributed by atoms with E-state index >= 15 is 0 Å². The third kappa shape index (κ3) is 4.47. The third-order valence-corrected chi connectivity index (χ3v) is 8.72. The van der Waals surface area contributed by atoms with E-state index in [1.54, 1.807) is 4.90 Å². The van der Waals surface area contributed by atoms with Gasteiger partial charge in [0.25, 0.3) is 5.91 Å². The molecule has 3 saturated carbocycles. The lowest BCUT2D eigenvalue weighted by molar-refractivity contribution is -0.146. The van der Waals surface area contributed by atoms with Crippen molar-refractivity contribution in [2.24, 2.45) is 28.6 Å². The largest absolute Gasteiger partial charge is 0.347 e. The fourth-order valence-corrected chi connectivity index (χ4v) is 6.23. The first kappa shape index (κ1) is 25.6. The van der Waals surface area contributed by atoms with Crippen molar-refractivity contribution in [3.8, 4) is 0 Å². The Hall–Kier alpha value is -2.45. The van der Waals surface area contributed by atoms with Crippen molar-refractivity contribution < 1.29 is 24.0 Å². The van der Waals surface area contributed by atoms with Crippen molar-refractivity contribution in [1.29, 1.82) is 0 Å². The molecule has 4 fully saturated rings. The molecular formula is C26H40N4O5. The molecule has 0 aromatic rings. The molecule has 9 nitrogen and oxygen atoms in total. The van der Waals surface area contributed by atoms with Crippen molar-refractivity contribution in [2.75, 3.05) is 6.54 Å². The maximum Gasteiger partial charge on any atom is 0.290 e. The number of amides is 4. The lowest BCUT2D eigenvalue weighted by atomic mass is 9.85. The molecule has 0 unspecified atom stereocenters. The first-order valence-electron chi connectivity index (χ1n) is 13.0. The molecule has 0 bridgehead atoms. The summed E-state index contributed by atoms with van der Waals surface area (Å²) in [4.78, 5) is 66.1. The molecular weight excluding hydrogens is 448 g/mol. The second-order valence-electron chi connectivity index (χ2n) is 12.7. The normalized spacial score (nSPS) is 33.3. The van der Waals surface area contributed by atoms with Gasteiger partial charge in [0.1, 0.15) is 17.6 Å². The Kier molecular flexibility index (Phi) is 6.29. The van der Waals surface area contributed by atoms with E-state index in [0.717, 1.165) is 25.7 Å². The van der Waals surface area contributed by atoms with E-state index in [1.165, 1.54) is 0 Å². The molecule has 0 aromatic carbocycles. The Morgan fingerprint density at radius 1 is 1.14 bits per heavy atom. The van der Waals surface area contributed by atoms with Gasteiger partial charge in [-0.05, 0) is 54.3 Å². The SMILES string of the molecule is CCC[C@@H]1C[C@@]1(NC(=O)[C@@H]1[C@@H]2[C@H](CN1C(=O)[C@@H](NC=O)C(C)(C)C)C2(C)C)C(=O)C(=O)NC1CC1. The van der Waals surface area contributed by atoms with Gasteiger partial charge in [0.15, 0.2) is 0 Å². The highest BCUT2D eigenvalue weighted by Gasteiger charge is 2.71. The number of Topliss-reactive ketones (excluding diaryl/α,β-unsaturated/α-hetero) is 1. The first-order valence-corrected chi connectivity index (χ1v) is 13.0. The quantitative estimate of drug-likeness (QED) is 0.314. The van der Waals surface area contributed by atoms with Crippen molar-refractivity contribution in [2.45, 2.75) is 97.3 Å². The molecule has 1 saturated heterocycles. The third-order valence-electron chi connectivity index (χ3n) is 8.72. The highest BCUT2D eigenvalue weighted by molar-refractivity contribution is 6.41. The van der Waals surface area contributed by atoms with Crippen LogP contribution in [0, 0.1) is 28.6 Å². The summed E-state index contributed by atoms with van der Waals surface area (Å²) in [6.07, 6.45) is 4.29. The van der Waals surface area contributed by atoms with Gasteiger partial charge >= 0.3 is 0 Å². The van der Waals surface area contributed by atoms with Gasteiger partial charge in [-0.25, -0.2) is 0 Å². The molecule has 0 spiro atoms. The van der Waals surface area contributed by atoms with Crippen molar-refractivity contribution >= 4 is 29.9 Å². The zero-order valence-electron chi connectivity index (χ0n) is 21.8. The van der Waals surface area contributed by atoms with E-state index in [2.05, 4.69) is 29.8 Å². The van der Waals surface area contributed by atoms with Gasteiger partial charge in [0, 0.05) is 12.6 Å². The van der Waals surface area contributed by atoms with Crippen LogP contribution in [0.2, 0.25) is 0 Å². The minimum absolute atomic E-state index is 0.0286. The number of hydrogen-bond acceptors (Lipinski definition) is 5. The van der Waals surface area contributed by atoms with E-state index in [0.29, 0.717) is 19.4 Å². The predicted octanol–water partition coefficient (Wildman–Crippen LogP) is 1.15. The van der Waals surface area contributed by atoms with Crippen LogP contribution in [0.1, 0.15) is 73.6 Å². The van der Waals surface area contributed by atoms with E-state index in [4.69, 9.17) is 0 Å². The molecule has 3 N–H and O–H groups in total. The lowest BCUT2D eigenvalue weighted by Crippen LogP contribution is -2.60. The number of nitrogens with one attached hydrogen (secondary N) is 3. The first-order chi connectivity index (χ1) is 16.3. The molecule has 9 heteroatoms. The van der Waals surface area contributed by atoms with E-state index < -0.39 is 34.7 Å². The van der Waals surface area contributed by atoms with Gasteiger partial charge < -0.3 is 20.9 Å². The minimum atomic E-state index is -1.19. The molecule has 4 rings (SSSR count). The summed E-state index contributed by atoms with van der Waals surface area (Å²) in [6.45, 7) is 12.2. The molecule has 1 heterocycles. The van der Waals surface area contributed by atoms with Crippen LogP contribution in [0.4, 0.5) is 0 Å². The fourth-order valence-electron chi connectivity index (χ4n) is 6.23. The maximum atomic E-state index is 13.8. The number of carbonyl (C=O) groups is 5. The van der Waals surface area contributed by atoms with Crippen molar-refractivity contribution in [3.63, 3.8) is 0 Å². The topological polar surface area (TPSA) is 125 Å². The van der Waals surface area contributed by atoms with Crippen LogP contribution < -0.4 is 16.0 Å². The number of fused-ring (bicyclic) bond motifs is 1. The van der Waals surface area contributed by atoms with Crippen LogP contribution in [0.15, 0.2) is 0 Å². The molecule has 194 valence electrons. The van der Waals surface area contributed by atoms with Gasteiger partial charge in [-0.15, -0.1) is 0 Å². The van der Waals surface area contributed by atoms with E-state index in [9.17, 15) is 24.0 Å². The average Bonchev–Trinajstić information content (AvgIpc) is 3.71. The number of ketones is 1. The standard InChI is InChI=1S/C26H40N4O5/c1-7-8-14-11-26(14,20(32)22(34)28-15-9-10-15)29-21(33)18-17-16(25(17,5)6)12-30(18)23(35)19(27-13-31)24(2,3)4/h13-19H,7-12H2,1-6H3,(H,27,31)(H,28,34)(H,29,33)/t14-,16+,17+,18+,19-,26+/m1/s1. The summed E-state index contributed by atoms with van der Waals surface area (Å²) in [7, 11) is 0. The van der Waals surface area contributed by atoms with Gasteiger partial charge in [-0.3, -0.25) is 24.0 Å². The monoisotopic (exact) mass is 488 g/mol. The maximum absolute atomic E-state index is 13.8. The zero-order chi connectivity index (χ0) is 25.9. The summed E-state index contributed by atoms with van der Waals surface area (Å²) in [5.41, 5.74) is -1.83. The molecule has 1 aliphatic heterocycles. The second kappa shape index (κ2) is 8.59. The molecule has 0 aromatic heterocycles. The molecule has 4 aliphatic rings. The Labute approximate surface area is 207 Å². The lowest BCUT2D eigenvalue weighted by Gasteiger charge is -2.37.